The predicted molar refractivity (Wildman–Crippen MR) is 176 cm³/mol. The molecule has 2 aliphatic heterocycles. The molecule has 1 unspecified atom stereocenters. The van der Waals surface area contributed by atoms with Gasteiger partial charge < -0.3 is 29.6 Å². The molecule has 262 valence electrons. The number of imide groups is 2. The van der Waals surface area contributed by atoms with E-state index >= 15 is 0 Å². The summed E-state index contributed by atoms with van der Waals surface area (Å²) in [5.41, 5.74) is 1.61. The number of rotatable bonds is 22. The number of anilines is 1. The Kier molecular flexibility index (Phi) is 19.5. The Morgan fingerprint density at radius 3 is 1.91 bits per heavy atom. The zero-order chi connectivity index (χ0) is 34.4. The molecule has 6 amide bonds. The van der Waals surface area contributed by atoms with E-state index in [0.717, 1.165) is 10.5 Å². The van der Waals surface area contributed by atoms with Gasteiger partial charge in [-0.25, -0.2) is 0 Å². The van der Waals surface area contributed by atoms with Crippen LogP contribution in [-0.4, -0.2) is 124 Å². The second-order valence-corrected chi connectivity index (χ2v) is 10.7. The number of β-lactam (4-membered cyclic amide) rings is 1. The van der Waals surface area contributed by atoms with Crippen molar-refractivity contribution in [2.75, 3.05) is 84.1 Å². The Labute approximate surface area is 281 Å². The quantitative estimate of drug-likeness (QED) is 0.0701. The largest absolute Gasteiger partial charge is 0.379 e. The van der Waals surface area contributed by atoms with Crippen LogP contribution in [0.2, 0.25) is 0 Å². The van der Waals surface area contributed by atoms with Crippen LogP contribution in [0.15, 0.2) is 24.3 Å². The van der Waals surface area contributed by atoms with E-state index in [9.17, 15) is 28.8 Å². The summed E-state index contributed by atoms with van der Waals surface area (Å²) in [5, 5.41) is 5.50. The second-order valence-electron chi connectivity index (χ2n) is 10.7. The number of benzene rings is 1. The molecule has 0 radical (unpaired) electrons. The number of nitrogens with zero attached hydrogens (tertiary/aromatic N) is 2. The minimum atomic E-state index is -0.311. The summed E-state index contributed by atoms with van der Waals surface area (Å²) in [5.74, 6) is -1.44. The van der Waals surface area contributed by atoms with Gasteiger partial charge in [-0.15, -0.1) is 0 Å². The van der Waals surface area contributed by atoms with E-state index in [1.165, 1.54) is 4.90 Å². The van der Waals surface area contributed by atoms with Crippen molar-refractivity contribution in [1.82, 2.24) is 15.1 Å². The van der Waals surface area contributed by atoms with Crippen LogP contribution in [0.25, 0.3) is 0 Å². The van der Waals surface area contributed by atoms with Crippen LogP contribution in [0.3, 0.4) is 0 Å². The number of aryl methyl sites for hydroxylation is 1. The topological polar surface area (TPSA) is 170 Å². The minimum absolute atomic E-state index is 0.0707. The first-order valence-corrected chi connectivity index (χ1v) is 16.7. The van der Waals surface area contributed by atoms with Crippen molar-refractivity contribution in [3.8, 4) is 0 Å². The van der Waals surface area contributed by atoms with E-state index in [4.69, 9.17) is 18.9 Å². The van der Waals surface area contributed by atoms with Crippen molar-refractivity contribution in [2.24, 2.45) is 5.92 Å². The summed E-state index contributed by atoms with van der Waals surface area (Å²) in [6.45, 7) is 5.46. The Balaban J connectivity index is 0.00000376. The first-order chi connectivity index (χ1) is 22.7. The van der Waals surface area contributed by atoms with Crippen LogP contribution in [-0.2, 0) is 54.1 Å². The van der Waals surface area contributed by atoms with Gasteiger partial charge >= 0.3 is 0 Å². The molecule has 2 N–H and O–H groups in total. The van der Waals surface area contributed by atoms with E-state index in [1.54, 1.807) is 25.3 Å². The third-order valence-corrected chi connectivity index (χ3v) is 7.21. The van der Waals surface area contributed by atoms with Gasteiger partial charge in [0.15, 0.2) is 0 Å². The Hall–Kier alpha value is -3.37. The lowest BCUT2D eigenvalue weighted by Gasteiger charge is -2.28. The van der Waals surface area contributed by atoms with E-state index in [1.807, 2.05) is 12.1 Å². The Morgan fingerprint density at radius 2 is 1.38 bits per heavy atom. The van der Waals surface area contributed by atoms with Crippen LogP contribution >= 0.6 is 12.6 Å². The maximum absolute atomic E-state index is 12.1. The third-order valence-electron chi connectivity index (χ3n) is 7.21. The van der Waals surface area contributed by atoms with Gasteiger partial charge in [0.05, 0.1) is 59.3 Å². The molecule has 2 aliphatic rings. The second kappa shape index (κ2) is 23.0. The van der Waals surface area contributed by atoms with Gasteiger partial charge in [0, 0.05) is 56.9 Å². The molecule has 2 heterocycles. The number of ether oxygens (including phenoxy) is 4. The van der Waals surface area contributed by atoms with Gasteiger partial charge in [-0.1, -0.05) is 19.1 Å². The molecule has 15 heteroatoms. The van der Waals surface area contributed by atoms with Crippen LogP contribution in [0.4, 0.5) is 5.69 Å². The summed E-state index contributed by atoms with van der Waals surface area (Å²) >= 11 is 3.53. The summed E-state index contributed by atoms with van der Waals surface area (Å²) in [6.07, 6.45) is 3.43. The number of carbonyl (C=O) groups excluding carboxylic acids is 6. The van der Waals surface area contributed by atoms with Gasteiger partial charge in [-0.05, 0) is 30.4 Å². The van der Waals surface area contributed by atoms with E-state index in [2.05, 4.69) is 23.3 Å². The van der Waals surface area contributed by atoms with E-state index in [-0.39, 0.29) is 80.2 Å². The molecule has 3 rings (SSSR count). The van der Waals surface area contributed by atoms with Gasteiger partial charge in [-0.3, -0.25) is 38.6 Å². The van der Waals surface area contributed by atoms with Crippen LogP contribution < -0.4 is 10.6 Å². The number of hydrogen-bond donors (Lipinski definition) is 3. The normalized spacial score (nSPS) is 15.6. The number of hydrogen-bond acceptors (Lipinski definition) is 11. The lowest BCUT2D eigenvalue weighted by atomic mass is 10.1. The number of thiol groups is 1. The van der Waals surface area contributed by atoms with Crippen molar-refractivity contribution >= 4 is 53.8 Å². The molecule has 14 nitrogen and oxygen atoms in total. The van der Waals surface area contributed by atoms with Crippen molar-refractivity contribution in [3.05, 3.63) is 29.8 Å². The highest BCUT2D eigenvalue weighted by molar-refractivity contribution is 7.79. The highest BCUT2D eigenvalue weighted by Crippen LogP contribution is 2.18. The van der Waals surface area contributed by atoms with Gasteiger partial charge in [-0.2, -0.15) is 12.6 Å². The summed E-state index contributed by atoms with van der Waals surface area (Å²) < 4.78 is 21.7. The number of likely N-dealkylation sites (tertiary alicyclic amines) is 2. The van der Waals surface area contributed by atoms with Crippen LogP contribution in [0.1, 0.15) is 44.6 Å². The summed E-state index contributed by atoms with van der Waals surface area (Å²) in [6, 6.07) is 7.27. The highest BCUT2D eigenvalue weighted by atomic mass is 32.1. The zero-order valence-electron chi connectivity index (χ0n) is 27.3. The first kappa shape index (κ1) is 39.8. The van der Waals surface area contributed by atoms with Crippen LogP contribution in [0.5, 0.6) is 0 Å². The van der Waals surface area contributed by atoms with Crippen LogP contribution in [0, 0.1) is 5.92 Å². The van der Waals surface area contributed by atoms with Gasteiger partial charge in [0.1, 0.15) is 0 Å². The smallest absolute Gasteiger partial charge is 0.232 e. The molecule has 47 heavy (non-hydrogen) atoms. The minimum Gasteiger partial charge on any atom is -0.379 e. The molecule has 1 atom stereocenters. The average Bonchev–Trinajstić information content (AvgIpc) is 3.30. The highest BCUT2D eigenvalue weighted by Gasteiger charge is 2.35. The maximum atomic E-state index is 12.1. The van der Waals surface area contributed by atoms with Gasteiger partial charge in [0.25, 0.3) is 0 Å². The fraction of sp³-hybridized carbons (Fsp3) is 0.625. The van der Waals surface area contributed by atoms with Crippen molar-refractivity contribution in [1.29, 1.82) is 0 Å². The molecule has 1 aromatic carbocycles. The molecule has 0 spiro atoms. The molecule has 0 bridgehead atoms. The predicted octanol–water partition coefficient (Wildman–Crippen LogP) is 1.22. The molecule has 0 saturated carbocycles. The van der Waals surface area contributed by atoms with Crippen molar-refractivity contribution in [2.45, 2.75) is 45.4 Å². The van der Waals surface area contributed by atoms with Gasteiger partial charge in [0.2, 0.25) is 35.4 Å². The number of nitrogens with one attached hydrogen (secondary N) is 2. The lowest BCUT2D eigenvalue weighted by Crippen LogP contribution is -2.47. The third kappa shape index (κ3) is 15.4. The Morgan fingerprint density at radius 1 is 0.787 bits per heavy atom. The molecule has 1 aromatic rings. The first-order valence-electron chi connectivity index (χ1n) is 15.8. The number of carbonyl (C=O) groups is 6. The maximum Gasteiger partial charge on any atom is 0.232 e. The van der Waals surface area contributed by atoms with E-state index in [0.29, 0.717) is 77.9 Å². The molecule has 2 fully saturated rings. The SMILES string of the molecule is CC1CC(=O)N(CCC(=O)NCCOCCOCCOCCOCCC(=O)Nc2ccc(CCC(=O)N3CCC3=O)cc2)C1=O.CS. The van der Waals surface area contributed by atoms with Crippen molar-refractivity contribution in [3.63, 3.8) is 0 Å². The lowest BCUT2D eigenvalue weighted by molar-refractivity contribution is -0.152. The Bertz CT molecular complexity index is 1170. The molecule has 2 saturated heterocycles. The summed E-state index contributed by atoms with van der Waals surface area (Å²) in [7, 11) is 0. The monoisotopic (exact) mass is 680 g/mol. The van der Waals surface area contributed by atoms with E-state index < -0.39 is 0 Å². The molecular weight excluding hydrogens is 632 g/mol. The standard InChI is InChI=1S/C31H44N4O10.CH4S/c1-23-22-30(40)35(31(23)41)12-8-26(36)32-11-15-43-17-19-45-21-20-44-18-16-42-14-10-27(37)33-25-5-2-24(3-6-25)4-7-28(38)34-13-9-29(34)39;1-2/h2-3,5-6,23H,4,7-22H2,1H3,(H,32,36)(H,33,37);2H,1H3. The zero-order valence-corrected chi connectivity index (χ0v) is 28.2. The fourth-order valence-corrected chi connectivity index (χ4v) is 4.52. The fourth-order valence-electron chi connectivity index (χ4n) is 4.52. The summed E-state index contributed by atoms with van der Waals surface area (Å²) in [4.78, 5) is 73.3. The van der Waals surface area contributed by atoms with Crippen molar-refractivity contribution < 1.29 is 47.7 Å². The molecular formula is C32H48N4O10S. The molecule has 0 aromatic heterocycles. The molecule has 0 aliphatic carbocycles. The average molecular weight is 681 g/mol. The number of amides is 6.